The highest BCUT2D eigenvalue weighted by atomic mass is 79.9. The van der Waals surface area contributed by atoms with Crippen LogP contribution in [0.2, 0.25) is 5.02 Å². The average Bonchev–Trinajstić information content (AvgIpc) is 2.70. The number of hydrogen-bond donors (Lipinski definition) is 1. The predicted molar refractivity (Wildman–Crippen MR) is 116 cm³/mol. The van der Waals surface area contributed by atoms with Crippen LogP contribution in [-0.2, 0) is 19.7 Å². The lowest BCUT2D eigenvalue weighted by Crippen LogP contribution is -2.13. The number of rotatable bonds is 9. The summed E-state index contributed by atoms with van der Waals surface area (Å²) in [7, 11) is 0. The predicted octanol–water partition coefficient (Wildman–Crippen LogP) is 5.90. The number of benzene rings is 2. The number of halogens is 3. The molecule has 3 rings (SSSR count). The minimum absolute atomic E-state index is 0.205. The van der Waals surface area contributed by atoms with Crippen molar-refractivity contribution >= 4 is 27.5 Å². The lowest BCUT2D eigenvalue weighted by atomic mass is 10.2. The summed E-state index contributed by atoms with van der Waals surface area (Å²) in [5.74, 6) is 0.847. The molecular weight excluding hydrogens is 459 g/mol. The summed E-state index contributed by atoms with van der Waals surface area (Å²) in [4.78, 5) is 4.12. The Kier molecular flexibility index (Phi) is 7.86. The van der Waals surface area contributed by atoms with E-state index in [0.29, 0.717) is 35.2 Å². The Morgan fingerprint density at radius 1 is 1.10 bits per heavy atom. The van der Waals surface area contributed by atoms with Crippen LogP contribution in [-0.4, -0.2) is 11.6 Å². The van der Waals surface area contributed by atoms with Crippen molar-refractivity contribution in [3.63, 3.8) is 0 Å². The SMILES string of the molecule is CCOc1cc(CNCc2cccnc2)cc(Br)c1OCc1ccc(F)cc1Cl. The third-order valence-corrected chi connectivity index (χ3v) is 5.08. The standard InChI is InChI=1S/C22H21BrClFN2O2/c1-2-28-21-9-16(13-27-12-15-4-3-7-26-11-15)8-19(23)22(21)29-14-17-5-6-18(25)10-20(17)24/h3-11,27H,2,12-14H2,1H3. The molecule has 2 aromatic carbocycles. The lowest BCUT2D eigenvalue weighted by molar-refractivity contribution is 0.267. The van der Waals surface area contributed by atoms with Crippen molar-refractivity contribution in [2.24, 2.45) is 0 Å². The molecule has 1 aromatic heterocycles. The molecule has 7 heteroatoms. The average molecular weight is 480 g/mol. The van der Waals surface area contributed by atoms with E-state index in [1.165, 1.54) is 12.1 Å². The second kappa shape index (κ2) is 10.6. The Hall–Kier alpha value is -2.15. The number of ether oxygens (including phenoxy) is 2. The van der Waals surface area contributed by atoms with Crippen molar-refractivity contribution in [3.8, 4) is 11.5 Å². The van der Waals surface area contributed by atoms with Gasteiger partial charge in [0.25, 0.3) is 0 Å². The first-order valence-corrected chi connectivity index (χ1v) is 10.4. The van der Waals surface area contributed by atoms with Gasteiger partial charge in [-0.3, -0.25) is 4.98 Å². The van der Waals surface area contributed by atoms with Crippen LogP contribution < -0.4 is 14.8 Å². The molecule has 0 aliphatic heterocycles. The number of nitrogens with one attached hydrogen (secondary N) is 1. The molecule has 0 aliphatic rings. The number of nitrogens with zero attached hydrogens (tertiary/aromatic N) is 1. The summed E-state index contributed by atoms with van der Waals surface area (Å²) in [6.45, 7) is 4.01. The molecule has 0 saturated heterocycles. The topological polar surface area (TPSA) is 43.4 Å². The molecule has 0 aliphatic carbocycles. The largest absolute Gasteiger partial charge is 0.490 e. The summed E-state index contributed by atoms with van der Waals surface area (Å²) < 4.78 is 25.7. The Bertz CT molecular complexity index is 957. The molecule has 0 fully saturated rings. The van der Waals surface area contributed by atoms with Crippen molar-refractivity contribution < 1.29 is 13.9 Å². The van der Waals surface area contributed by atoms with E-state index in [-0.39, 0.29) is 12.4 Å². The maximum atomic E-state index is 13.2. The first kappa shape index (κ1) is 21.6. The van der Waals surface area contributed by atoms with Gasteiger partial charge >= 0.3 is 0 Å². The van der Waals surface area contributed by atoms with Crippen LogP contribution in [0.3, 0.4) is 0 Å². The van der Waals surface area contributed by atoms with Gasteiger partial charge in [0.05, 0.1) is 16.1 Å². The molecule has 0 amide bonds. The summed E-state index contributed by atoms with van der Waals surface area (Å²) in [6.07, 6.45) is 3.60. The summed E-state index contributed by atoms with van der Waals surface area (Å²) in [5.41, 5.74) is 2.87. The fourth-order valence-corrected chi connectivity index (χ4v) is 3.59. The fourth-order valence-electron chi connectivity index (χ4n) is 2.77. The first-order chi connectivity index (χ1) is 14.1. The Labute approximate surface area is 183 Å². The van der Waals surface area contributed by atoms with Crippen molar-refractivity contribution in [3.05, 3.63) is 86.9 Å². The van der Waals surface area contributed by atoms with Gasteiger partial charge in [-0.15, -0.1) is 0 Å². The highest BCUT2D eigenvalue weighted by Gasteiger charge is 2.14. The van der Waals surface area contributed by atoms with Gasteiger partial charge in [-0.1, -0.05) is 23.7 Å². The van der Waals surface area contributed by atoms with Crippen molar-refractivity contribution in [1.82, 2.24) is 10.3 Å². The van der Waals surface area contributed by atoms with E-state index in [4.69, 9.17) is 21.1 Å². The monoisotopic (exact) mass is 478 g/mol. The van der Waals surface area contributed by atoms with Crippen molar-refractivity contribution in [2.45, 2.75) is 26.6 Å². The molecule has 4 nitrogen and oxygen atoms in total. The van der Waals surface area contributed by atoms with Crippen LogP contribution in [0.15, 0.2) is 59.3 Å². The number of hydrogen-bond acceptors (Lipinski definition) is 4. The highest BCUT2D eigenvalue weighted by molar-refractivity contribution is 9.10. The van der Waals surface area contributed by atoms with Crippen LogP contribution in [0.1, 0.15) is 23.6 Å². The van der Waals surface area contributed by atoms with Crippen LogP contribution in [0.4, 0.5) is 4.39 Å². The maximum absolute atomic E-state index is 13.2. The Morgan fingerprint density at radius 2 is 1.93 bits per heavy atom. The second-order valence-electron chi connectivity index (χ2n) is 6.33. The number of pyridine rings is 1. The maximum Gasteiger partial charge on any atom is 0.175 e. The quantitative estimate of drug-likeness (QED) is 0.415. The second-order valence-corrected chi connectivity index (χ2v) is 7.59. The molecular formula is C22H21BrClFN2O2. The van der Waals surface area contributed by atoms with Crippen molar-refractivity contribution in [2.75, 3.05) is 6.61 Å². The van der Waals surface area contributed by atoms with Gasteiger partial charge in [0.1, 0.15) is 12.4 Å². The molecule has 0 saturated carbocycles. The van der Waals surface area contributed by atoms with Gasteiger partial charge in [0, 0.05) is 31.0 Å². The molecule has 0 radical (unpaired) electrons. The third kappa shape index (κ3) is 6.16. The van der Waals surface area contributed by atoms with E-state index in [0.717, 1.165) is 22.1 Å². The summed E-state index contributed by atoms with van der Waals surface area (Å²) >= 11 is 9.67. The van der Waals surface area contributed by atoms with Crippen molar-refractivity contribution in [1.29, 1.82) is 0 Å². The van der Waals surface area contributed by atoms with E-state index in [9.17, 15) is 4.39 Å². The molecule has 3 aromatic rings. The van der Waals surface area contributed by atoms with Gasteiger partial charge in [0.2, 0.25) is 0 Å². The van der Waals surface area contributed by atoms with E-state index in [1.807, 2.05) is 37.4 Å². The minimum atomic E-state index is -0.377. The third-order valence-electron chi connectivity index (χ3n) is 4.14. The molecule has 1 N–H and O–H groups in total. The zero-order valence-corrected chi connectivity index (χ0v) is 18.3. The summed E-state index contributed by atoms with van der Waals surface area (Å²) in [5, 5.41) is 3.72. The van der Waals surface area contributed by atoms with Crippen LogP contribution in [0, 0.1) is 5.82 Å². The van der Waals surface area contributed by atoms with Crippen LogP contribution in [0.25, 0.3) is 0 Å². The Balaban J connectivity index is 1.70. The summed E-state index contributed by atoms with van der Waals surface area (Å²) in [6, 6.07) is 12.1. The lowest BCUT2D eigenvalue weighted by Gasteiger charge is -2.16. The highest BCUT2D eigenvalue weighted by Crippen LogP contribution is 2.38. The molecule has 0 spiro atoms. The first-order valence-electron chi connectivity index (χ1n) is 9.18. The zero-order chi connectivity index (χ0) is 20.6. The fraction of sp³-hybridized carbons (Fsp3) is 0.227. The van der Waals surface area contributed by atoms with Crippen LogP contribution >= 0.6 is 27.5 Å². The molecule has 29 heavy (non-hydrogen) atoms. The van der Waals surface area contributed by atoms with E-state index >= 15 is 0 Å². The molecule has 0 bridgehead atoms. The van der Waals surface area contributed by atoms with Gasteiger partial charge < -0.3 is 14.8 Å². The van der Waals surface area contributed by atoms with Gasteiger partial charge in [-0.2, -0.15) is 0 Å². The van der Waals surface area contributed by atoms with E-state index in [1.54, 1.807) is 12.3 Å². The molecule has 0 unspecified atom stereocenters. The number of aromatic nitrogens is 1. The minimum Gasteiger partial charge on any atom is -0.490 e. The Morgan fingerprint density at radius 3 is 2.66 bits per heavy atom. The van der Waals surface area contributed by atoms with Gasteiger partial charge in [-0.05, 0) is 64.3 Å². The van der Waals surface area contributed by atoms with E-state index < -0.39 is 0 Å². The van der Waals surface area contributed by atoms with Crippen LogP contribution in [0.5, 0.6) is 11.5 Å². The normalized spacial score (nSPS) is 10.8. The van der Waals surface area contributed by atoms with E-state index in [2.05, 4.69) is 26.2 Å². The molecule has 152 valence electrons. The molecule has 1 heterocycles. The van der Waals surface area contributed by atoms with Gasteiger partial charge in [0.15, 0.2) is 11.5 Å². The van der Waals surface area contributed by atoms with Gasteiger partial charge in [-0.25, -0.2) is 4.39 Å². The molecule has 0 atom stereocenters. The smallest absolute Gasteiger partial charge is 0.175 e. The zero-order valence-electron chi connectivity index (χ0n) is 15.9.